The monoisotopic (exact) mass is 418 g/mol. The number of hydrogen-bond donors (Lipinski definition) is 3. The van der Waals surface area contributed by atoms with Gasteiger partial charge in [0, 0.05) is 22.5 Å². The maximum atomic E-state index is 13.9. The van der Waals surface area contributed by atoms with Crippen molar-refractivity contribution in [2.75, 3.05) is 10.6 Å². The second kappa shape index (κ2) is 8.91. The number of hydrogen-bond acceptors (Lipinski definition) is 3. The Balaban J connectivity index is 1.70. The molecule has 0 saturated heterocycles. The highest BCUT2D eigenvalue weighted by Crippen LogP contribution is 2.26. The summed E-state index contributed by atoms with van der Waals surface area (Å²) in [7, 11) is 0. The number of guanidine groups is 1. The number of aromatic nitrogens is 1. The lowest BCUT2D eigenvalue weighted by atomic mass is 10.2. The Kier molecular flexibility index (Phi) is 6.34. The van der Waals surface area contributed by atoms with Crippen LogP contribution in [0.2, 0.25) is 10.0 Å². The molecule has 0 atom stereocenters. The van der Waals surface area contributed by atoms with Crippen molar-refractivity contribution in [3.8, 4) is 5.75 Å². The normalized spacial score (nSPS) is 10.4. The SMILES string of the molecule is Cc1cc(Cl)ccc1NC(=N)Nc1ncccc1OCc1c(F)cccc1Cl. The third kappa shape index (κ3) is 4.91. The molecule has 0 bridgehead atoms. The molecule has 28 heavy (non-hydrogen) atoms. The van der Waals surface area contributed by atoms with E-state index in [9.17, 15) is 4.39 Å². The largest absolute Gasteiger partial charge is 0.485 e. The van der Waals surface area contributed by atoms with E-state index in [1.165, 1.54) is 12.1 Å². The molecule has 0 saturated carbocycles. The first-order chi connectivity index (χ1) is 13.4. The number of nitrogens with one attached hydrogen (secondary N) is 3. The van der Waals surface area contributed by atoms with Gasteiger partial charge in [-0.25, -0.2) is 9.37 Å². The van der Waals surface area contributed by atoms with Crippen molar-refractivity contribution in [1.82, 2.24) is 4.98 Å². The molecule has 1 heterocycles. The molecule has 0 spiro atoms. The molecular formula is C20H17Cl2FN4O. The molecular weight excluding hydrogens is 402 g/mol. The average Bonchev–Trinajstić information content (AvgIpc) is 2.65. The summed E-state index contributed by atoms with van der Waals surface area (Å²) in [5, 5.41) is 14.8. The van der Waals surface area contributed by atoms with Crippen molar-refractivity contribution in [3.63, 3.8) is 0 Å². The molecule has 0 unspecified atom stereocenters. The van der Waals surface area contributed by atoms with E-state index in [4.69, 9.17) is 33.3 Å². The second-order valence-electron chi connectivity index (χ2n) is 5.92. The number of rotatable bonds is 5. The smallest absolute Gasteiger partial charge is 0.198 e. The van der Waals surface area contributed by atoms with Crippen LogP contribution in [0, 0.1) is 18.2 Å². The molecule has 1 aromatic heterocycles. The standard InChI is InChI=1S/C20H17Cl2FN4O/c1-12-10-13(21)7-8-17(12)26-20(24)27-19-18(6-3-9-25-19)28-11-14-15(22)4-2-5-16(14)23/h2-10H,11H2,1H3,(H3,24,25,26,27). The Hall–Kier alpha value is -2.83. The summed E-state index contributed by atoms with van der Waals surface area (Å²) in [6, 6.07) is 13.1. The van der Waals surface area contributed by atoms with E-state index < -0.39 is 5.82 Å². The van der Waals surface area contributed by atoms with Gasteiger partial charge in [0.25, 0.3) is 0 Å². The van der Waals surface area contributed by atoms with Crippen LogP contribution in [0.5, 0.6) is 5.75 Å². The maximum absolute atomic E-state index is 13.9. The molecule has 3 N–H and O–H groups in total. The van der Waals surface area contributed by atoms with E-state index >= 15 is 0 Å². The summed E-state index contributed by atoms with van der Waals surface area (Å²) in [4.78, 5) is 4.19. The molecule has 0 aliphatic rings. The van der Waals surface area contributed by atoms with Crippen molar-refractivity contribution in [2.24, 2.45) is 0 Å². The van der Waals surface area contributed by atoms with Crippen LogP contribution >= 0.6 is 23.2 Å². The molecule has 3 rings (SSSR count). The Bertz CT molecular complexity index is 993. The third-order valence-electron chi connectivity index (χ3n) is 3.90. The van der Waals surface area contributed by atoms with Crippen LogP contribution in [-0.4, -0.2) is 10.9 Å². The summed E-state index contributed by atoms with van der Waals surface area (Å²) in [6.45, 7) is 1.82. The van der Waals surface area contributed by atoms with Crippen LogP contribution in [0.1, 0.15) is 11.1 Å². The van der Waals surface area contributed by atoms with Gasteiger partial charge in [0.15, 0.2) is 17.5 Å². The first kappa shape index (κ1) is 19.9. The Labute approximate surface area is 172 Å². The van der Waals surface area contributed by atoms with Gasteiger partial charge in [-0.05, 0) is 55.0 Å². The van der Waals surface area contributed by atoms with Crippen LogP contribution in [0.25, 0.3) is 0 Å². The van der Waals surface area contributed by atoms with Crippen molar-refractivity contribution >= 4 is 40.7 Å². The van der Waals surface area contributed by atoms with E-state index in [2.05, 4.69) is 15.6 Å². The maximum Gasteiger partial charge on any atom is 0.198 e. The number of nitrogens with zero attached hydrogens (tertiary/aromatic N) is 1. The minimum Gasteiger partial charge on any atom is -0.485 e. The number of anilines is 2. The predicted molar refractivity (Wildman–Crippen MR) is 111 cm³/mol. The Morgan fingerprint density at radius 3 is 2.71 bits per heavy atom. The molecule has 8 heteroatoms. The first-order valence-electron chi connectivity index (χ1n) is 8.33. The zero-order valence-corrected chi connectivity index (χ0v) is 16.4. The second-order valence-corrected chi connectivity index (χ2v) is 6.77. The molecule has 0 fully saturated rings. The van der Waals surface area contributed by atoms with E-state index in [-0.39, 0.29) is 23.2 Å². The summed E-state index contributed by atoms with van der Waals surface area (Å²) in [6.07, 6.45) is 1.56. The molecule has 0 amide bonds. The van der Waals surface area contributed by atoms with Gasteiger partial charge >= 0.3 is 0 Å². The lowest BCUT2D eigenvalue weighted by Crippen LogP contribution is -2.22. The van der Waals surface area contributed by atoms with Crippen LogP contribution < -0.4 is 15.4 Å². The summed E-state index contributed by atoms with van der Waals surface area (Å²) >= 11 is 12.0. The molecule has 5 nitrogen and oxygen atoms in total. The van der Waals surface area contributed by atoms with Crippen molar-refractivity contribution in [3.05, 3.63) is 81.7 Å². The lowest BCUT2D eigenvalue weighted by Gasteiger charge is -2.15. The summed E-state index contributed by atoms with van der Waals surface area (Å²) < 4.78 is 19.6. The van der Waals surface area contributed by atoms with Gasteiger partial charge in [0.1, 0.15) is 12.4 Å². The highest BCUT2D eigenvalue weighted by Gasteiger charge is 2.12. The lowest BCUT2D eigenvalue weighted by molar-refractivity contribution is 0.300. The highest BCUT2D eigenvalue weighted by molar-refractivity contribution is 6.31. The van der Waals surface area contributed by atoms with Gasteiger partial charge in [-0.2, -0.15) is 0 Å². The quantitative estimate of drug-likeness (QED) is 0.357. The van der Waals surface area contributed by atoms with Crippen LogP contribution in [0.4, 0.5) is 15.9 Å². The third-order valence-corrected chi connectivity index (χ3v) is 4.49. The van der Waals surface area contributed by atoms with E-state index in [0.29, 0.717) is 16.6 Å². The van der Waals surface area contributed by atoms with E-state index in [1.807, 2.05) is 6.92 Å². The van der Waals surface area contributed by atoms with Crippen LogP contribution in [0.15, 0.2) is 54.7 Å². The Morgan fingerprint density at radius 1 is 1.14 bits per heavy atom. The minimum atomic E-state index is -0.446. The molecule has 2 aromatic carbocycles. The number of halogens is 3. The predicted octanol–water partition coefficient (Wildman–Crippen LogP) is 5.87. The molecule has 3 aromatic rings. The fourth-order valence-corrected chi connectivity index (χ4v) is 2.92. The minimum absolute atomic E-state index is 0.00195. The number of pyridine rings is 1. The average molecular weight is 419 g/mol. The van der Waals surface area contributed by atoms with Crippen molar-refractivity contribution < 1.29 is 9.13 Å². The van der Waals surface area contributed by atoms with E-state index in [0.717, 1.165) is 11.3 Å². The van der Waals surface area contributed by atoms with Crippen molar-refractivity contribution in [2.45, 2.75) is 13.5 Å². The molecule has 0 radical (unpaired) electrons. The van der Waals surface area contributed by atoms with Gasteiger partial charge < -0.3 is 15.4 Å². The van der Waals surface area contributed by atoms with Gasteiger partial charge in [0.05, 0.1) is 5.02 Å². The van der Waals surface area contributed by atoms with Gasteiger partial charge in [-0.1, -0.05) is 29.3 Å². The Morgan fingerprint density at radius 2 is 1.96 bits per heavy atom. The number of aryl methyl sites for hydroxylation is 1. The summed E-state index contributed by atoms with van der Waals surface area (Å²) in [5.41, 5.74) is 1.88. The van der Waals surface area contributed by atoms with Crippen molar-refractivity contribution in [1.29, 1.82) is 5.41 Å². The molecule has 144 valence electrons. The topological polar surface area (TPSA) is 70.0 Å². The fraction of sp³-hybridized carbons (Fsp3) is 0.100. The number of ether oxygens (including phenoxy) is 1. The highest BCUT2D eigenvalue weighted by atomic mass is 35.5. The molecule has 0 aliphatic carbocycles. The first-order valence-corrected chi connectivity index (χ1v) is 9.09. The number of benzene rings is 2. The van der Waals surface area contributed by atoms with Gasteiger partial charge in [-0.3, -0.25) is 5.41 Å². The van der Waals surface area contributed by atoms with E-state index in [1.54, 1.807) is 42.6 Å². The van der Waals surface area contributed by atoms with Gasteiger partial charge in [0.2, 0.25) is 0 Å². The van der Waals surface area contributed by atoms with Gasteiger partial charge in [-0.15, -0.1) is 0 Å². The zero-order chi connectivity index (χ0) is 20.1. The fourth-order valence-electron chi connectivity index (χ4n) is 2.47. The summed E-state index contributed by atoms with van der Waals surface area (Å²) in [5.74, 6) is 0.233. The molecule has 0 aliphatic heterocycles. The zero-order valence-electron chi connectivity index (χ0n) is 14.9. The van der Waals surface area contributed by atoms with Crippen LogP contribution in [0.3, 0.4) is 0 Å². The van der Waals surface area contributed by atoms with Crippen LogP contribution in [-0.2, 0) is 6.61 Å².